The Bertz CT molecular complexity index is 524. The van der Waals surface area contributed by atoms with Crippen LogP contribution in [0, 0.1) is 27.4 Å². The average molecular weight is 261 g/mol. The minimum Gasteiger partial charge on any atom is -0.490 e. The van der Waals surface area contributed by atoms with E-state index < -0.39 is 4.92 Å². The molecular weight excluding hydrogens is 246 g/mol. The molecule has 2 N–H and O–H groups in total. The summed E-state index contributed by atoms with van der Waals surface area (Å²) in [6, 6.07) is 6.08. The predicted molar refractivity (Wildman–Crippen MR) is 68.6 cm³/mol. The van der Waals surface area contributed by atoms with Gasteiger partial charge in [0.05, 0.1) is 4.92 Å². The minimum atomic E-state index is -0.569. The largest absolute Gasteiger partial charge is 0.490 e. The molecule has 1 aromatic rings. The van der Waals surface area contributed by atoms with Crippen LogP contribution < -0.4 is 10.5 Å². The Labute approximate surface area is 110 Å². The number of nitrogens with two attached hydrogens (primary N) is 1. The van der Waals surface area contributed by atoms with E-state index in [1.807, 2.05) is 6.07 Å². The summed E-state index contributed by atoms with van der Waals surface area (Å²) in [5.41, 5.74) is 5.50. The van der Waals surface area contributed by atoms with Gasteiger partial charge in [-0.2, -0.15) is 5.26 Å². The van der Waals surface area contributed by atoms with Crippen LogP contribution in [-0.2, 0) is 0 Å². The second kappa shape index (κ2) is 5.67. The number of ether oxygens (including phenoxy) is 1. The summed E-state index contributed by atoms with van der Waals surface area (Å²) in [4.78, 5) is 10.2. The van der Waals surface area contributed by atoms with Gasteiger partial charge in [-0.05, 0) is 31.9 Å². The lowest BCUT2D eigenvalue weighted by molar-refractivity contribution is -0.385. The van der Waals surface area contributed by atoms with Crippen molar-refractivity contribution in [1.82, 2.24) is 0 Å². The van der Waals surface area contributed by atoms with E-state index in [2.05, 4.69) is 0 Å². The molecule has 0 aliphatic heterocycles. The zero-order chi connectivity index (χ0) is 13.8. The van der Waals surface area contributed by atoms with Crippen molar-refractivity contribution in [3.05, 3.63) is 33.9 Å². The lowest BCUT2D eigenvalue weighted by Gasteiger charge is -2.19. The fourth-order valence-corrected chi connectivity index (χ4v) is 2.44. The van der Waals surface area contributed by atoms with Crippen molar-refractivity contribution in [3.63, 3.8) is 0 Å². The summed E-state index contributed by atoms with van der Waals surface area (Å²) in [5, 5.41) is 19.7. The van der Waals surface area contributed by atoms with Gasteiger partial charge in [0.1, 0.15) is 23.5 Å². The van der Waals surface area contributed by atoms with Crippen LogP contribution in [0.2, 0.25) is 0 Å². The highest BCUT2D eigenvalue weighted by molar-refractivity contribution is 5.52. The van der Waals surface area contributed by atoms with Crippen molar-refractivity contribution < 1.29 is 9.66 Å². The Hall–Kier alpha value is -2.13. The van der Waals surface area contributed by atoms with E-state index >= 15 is 0 Å². The van der Waals surface area contributed by atoms with E-state index in [1.165, 1.54) is 18.2 Å². The molecular formula is C13H15N3O3. The normalized spacial score (nSPS) is 21.9. The summed E-state index contributed by atoms with van der Waals surface area (Å²) in [6.45, 7) is 0.572. The van der Waals surface area contributed by atoms with Gasteiger partial charge in [-0.25, -0.2) is 0 Å². The third kappa shape index (κ3) is 2.83. The second-order valence-corrected chi connectivity index (χ2v) is 4.63. The average Bonchev–Trinajstić information content (AvgIpc) is 2.85. The lowest BCUT2D eigenvalue weighted by atomic mass is 10.1. The summed E-state index contributed by atoms with van der Waals surface area (Å²) < 4.78 is 5.80. The van der Waals surface area contributed by atoms with Crippen LogP contribution in [0.25, 0.3) is 0 Å². The maximum Gasteiger partial charge on any atom is 0.287 e. The molecule has 0 bridgehead atoms. The molecule has 19 heavy (non-hydrogen) atoms. The van der Waals surface area contributed by atoms with Gasteiger partial charge >= 0.3 is 0 Å². The minimum absolute atomic E-state index is 0.0183. The fraction of sp³-hybridized carbons (Fsp3) is 0.462. The first-order chi connectivity index (χ1) is 9.15. The van der Waals surface area contributed by atoms with Crippen molar-refractivity contribution >= 4 is 5.69 Å². The van der Waals surface area contributed by atoms with Crippen molar-refractivity contribution in [2.75, 3.05) is 6.54 Å². The molecule has 2 rings (SSSR count). The zero-order valence-electron chi connectivity index (χ0n) is 10.4. The molecule has 0 heterocycles. The Kier molecular flexibility index (Phi) is 3.97. The van der Waals surface area contributed by atoms with Crippen LogP contribution in [0.1, 0.15) is 24.8 Å². The molecule has 6 heteroatoms. The standard InChI is InChI=1S/C13H15N3O3/c14-7-9-2-1-3-13(9)19-11-4-5-12(16(17)18)10(6-11)8-15/h4-6,9,13H,1-3,7,14H2. The van der Waals surface area contributed by atoms with Crippen LogP contribution >= 0.6 is 0 Å². The molecule has 1 aliphatic rings. The Morgan fingerprint density at radius 3 is 2.95 bits per heavy atom. The first-order valence-electron chi connectivity index (χ1n) is 6.21. The van der Waals surface area contributed by atoms with E-state index in [9.17, 15) is 10.1 Å². The van der Waals surface area contributed by atoms with Gasteiger partial charge in [-0.1, -0.05) is 0 Å². The smallest absolute Gasteiger partial charge is 0.287 e. The van der Waals surface area contributed by atoms with Gasteiger partial charge in [0.2, 0.25) is 0 Å². The van der Waals surface area contributed by atoms with Crippen molar-refractivity contribution in [3.8, 4) is 11.8 Å². The van der Waals surface area contributed by atoms with Gasteiger partial charge < -0.3 is 10.5 Å². The van der Waals surface area contributed by atoms with Crippen molar-refractivity contribution in [2.45, 2.75) is 25.4 Å². The molecule has 0 spiro atoms. The van der Waals surface area contributed by atoms with E-state index in [0.717, 1.165) is 19.3 Å². The second-order valence-electron chi connectivity index (χ2n) is 4.63. The third-order valence-corrected chi connectivity index (χ3v) is 3.46. The van der Waals surface area contributed by atoms with Crippen LogP contribution in [0.5, 0.6) is 5.75 Å². The first kappa shape index (κ1) is 13.3. The van der Waals surface area contributed by atoms with Crippen LogP contribution in [0.15, 0.2) is 18.2 Å². The molecule has 2 atom stereocenters. The van der Waals surface area contributed by atoms with E-state index in [-0.39, 0.29) is 17.4 Å². The number of benzene rings is 1. The van der Waals surface area contributed by atoms with Crippen molar-refractivity contribution in [2.24, 2.45) is 11.7 Å². The summed E-state index contributed by atoms with van der Waals surface area (Å²) in [7, 11) is 0. The van der Waals surface area contributed by atoms with E-state index in [4.69, 9.17) is 15.7 Å². The van der Waals surface area contributed by atoms with Gasteiger partial charge in [-0.3, -0.25) is 10.1 Å². The number of nitro groups is 1. The predicted octanol–water partition coefficient (Wildman–Crippen LogP) is 1.97. The maximum absolute atomic E-state index is 10.7. The van der Waals surface area contributed by atoms with Crippen LogP contribution in [-0.4, -0.2) is 17.6 Å². The first-order valence-corrected chi connectivity index (χ1v) is 6.21. The molecule has 6 nitrogen and oxygen atoms in total. The van der Waals surface area contributed by atoms with E-state index in [0.29, 0.717) is 18.2 Å². The maximum atomic E-state index is 10.7. The zero-order valence-corrected chi connectivity index (χ0v) is 10.4. The number of rotatable bonds is 4. The van der Waals surface area contributed by atoms with Crippen LogP contribution in [0.4, 0.5) is 5.69 Å². The van der Waals surface area contributed by atoms with Gasteiger partial charge in [0.25, 0.3) is 5.69 Å². The summed E-state index contributed by atoms with van der Waals surface area (Å²) in [5.74, 6) is 0.813. The molecule has 0 saturated heterocycles. The number of nitro benzene ring substituents is 1. The molecule has 0 aromatic heterocycles. The molecule has 0 amide bonds. The third-order valence-electron chi connectivity index (χ3n) is 3.46. The number of nitrogens with zero attached hydrogens (tertiary/aromatic N) is 2. The highest BCUT2D eigenvalue weighted by Gasteiger charge is 2.28. The highest BCUT2D eigenvalue weighted by atomic mass is 16.6. The monoisotopic (exact) mass is 261 g/mol. The van der Waals surface area contributed by atoms with Crippen molar-refractivity contribution in [1.29, 1.82) is 5.26 Å². The van der Waals surface area contributed by atoms with Gasteiger partial charge in [0.15, 0.2) is 0 Å². The fourth-order valence-electron chi connectivity index (χ4n) is 2.44. The molecule has 2 unspecified atom stereocenters. The van der Waals surface area contributed by atoms with E-state index in [1.54, 1.807) is 0 Å². The topological polar surface area (TPSA) is 102 Å². The van der Waals surface area contributed by atoms with Crippen LogP contribution in [0.3, 0.4) is 0 Å². The molecule has 0 radical (unpaired) electrons. The molecule has 1 fully saturated rings. The summed E-state index contributed by atoms with van der Waals surface area (Å²) >= 11 is 0. The number of hydrogen-bond acceptors (Lipinski definition) is 5. The quantitative estimate of drug-likeness (QED) is 0.659. The highest BCUT2D eigenvalue weighted by Crippen LogP contribution is 2.31. The van der Waals surface area contributed by atoms with Gasteiger partial charge in [0, 0.05) is 18.1 Å². The molecule has 100 valence electrons. The molecule has 1 aromatic carbocycles. The molecule has 1 saturated carbocycles. The Morgan fingerprint density at radius 2 is 2.32 bits per heavy atom. The Balaban J connectivity index is 2.18. The molecule has 1 aliphatic carbocycles. The lowest BCUT2D eigenvalue weighted by Crippen LogP contribution is -2.27. The van der Waals surface area contributed by atoms with Gasteiger partial charge in [-0.15, -0.1) is 0 Å². The number of nitriles is 1. The number of hydrogen-bond donors (Lipinski definition) is 1. The summed E-state index contributed by atoms with van der Waals surface area (Å²) in [6.07, 6.45) is 3.09. The SMILES string of the molecule is N#Cc1cc(OC2CCCC2CN)ccc1[N+](=O)[O-]. The Morgan fingerprint density at radius 1 is 1.53 bits per heavy atom.